The monoisotopic (exact) mass is 152 g/mol. The molecule has 11 heavy (non-hydrogen) atoms. The van der Waals surface area contributed by atoms with Gasteiger partial charge in [-0.3, -0.25) is 14.8 Å². The molecule has 0 radical (unpaired) electrons. The number of fused-ring (bicyclic) bond motifs is 1. The Hall–Kier alpha value is -1.78. The van der Waals surface area contributed by atoms with E-state index in [0.29, 0.717) is 5.52 Å². The van der Waals surface area contributed by atoms with E-state index in [1.165, 1.54) is 12.1 Å². The van der Waals surface area contributed by atoms with Crippen LogP contribution in [0.2, 0.25) is 0 Å². The van der Waals surface area contributed by atoms with Crippen LogP contribution >= 0.6 is 0 Å². The van der Waals surface area contributed by atoms with Crippen LogP contribution in [0.15, 0.2) is 26.1 Å². The van der Waals surface area contributed by atoms with Crippen LogP contribution in [0.25, 0.3) is 11.2 Å². The Kier molecular flexibility index (Phi) is 1.00. The summed E-state index contributed by atoms with van der Waals surface area (Å²) in [5.74, 6) is -0.568. The smallest absolute Gasteiger partial charge is 0.391 e. The first kappa shape index (κ1) is 5.96. The summed E-state index contributed by atoms with van der Waals surface area (Å²) in [6.07, 6.45) is 0. The maximum Gasteiger partial charge on any atom is 0.418 e. The van der Waals surface area contributed by atoms with Gasteiger partial charge >= 0.3 is 5.76 Å². The molecule has 0 amide bonds. The average molecular weight is 152 g/mol. The van der Waals surface area contributed by atoms with Gasteiger partial charge in [-0.25, -0.2) is 4.79 Å². The molecule has 0 saturated carbocycles. The molecule has 0 bridgehead atoms. The molecule has 0 aromatic carbocycles. The lowest BCUT2D eigenvalue weighted by Gasteiger charge is -1.81. The molecule has 0 atom stereocenters. The number of hydrogen-bond donors (Lipinski definition) is 2. The maximum atomic E-state index is 10.7. The molecule has 5 heteroatoms. The Labute approximate surface area is 59.7 Å². The number of aromatic amines is 2. The van der Waals surface area contributed by atoms with Gasteiger partial charge in [0.1, 0.15) is 5.52 Å². The highest BCUT2D eigenvalue weighted by Gasteiger charge is 1.98. The summed E-state index contributed by atoms with van der Waals surface area (Å²) in [4.78, 5) is 26.0. The Balaban J connectivity index is 3.03. The summed E-state index contributed by atoms with van der Waals surface area (Å²) in [6.45, 7) is 0. The number of pyridine rings is 1. The van der Waals surface area contributed by atoms with E-state index in [2.05, 4.69) is 14.4 Å². The Bertz CT molecular complexity index is 488. The van der Waals surface area contributed by atoms with Gasteiger partial charge in [-0.1, -0.05) is 0 Å². The van der Waals surface area contributed by atoms with Crippen LogP contribution in [0.4, 0.5) is 0 Å². The number of aromatic nitrogens is 2. The standard InChI is InChI=1S/C6H4N2O3/c9-4-2-1-3-5(8-4)11-6(10)7-3/h1-2H,(H,7,10)(H,8,9). The normalized spacial score (nSPS) is 10.5. The van der Waals surface area contributed by atoms with Gasteiger partial charge in [0.15, 0.2) is 0 Å². The molecule has 2 aromatic rings. The lowest BCUT2D eigenvalue weighted by atomic mass is 10.4. The fourth-order valence-electron chi connectivity index (χ4n) is 0.863. The molecule has 2 aromatic heterocycles. The molecule has 56 valence electrons. The van der Waals surface area contributed by atoms with Crippen molar-refractivity contribution in [3.8, 4) is 0 Å². The molecule has 2 N–H and O–H groups in total. The van der Waals surface area contributed by atoms with Gasteiger partial charge in [-0.15, -0.1) is 0 Å². The topological polar surface area (TPSA) is 78.9 Å². The predicted octanol–water partition coefficient (Wildman–Crippen LogP) is -0.191. The second kappa shape index (κ2) is 1.85. The van der Waals surface area contributed by atoms with Crippen molar-refractivity contribution < 1.29 is 4.42 Å². The lowest BCUT2D eigenvalue weighted by Crippen LogP contribution is -2.00. The third-order valence-electron chi connectivity index (χ3n) is 1.31. The average Bonchev–Trinajstić information content (AvgIpc) is 2.27. The van der Waals surface area contributed by atoms with E-state index >= 15 is 0 Å². The molecular weight excluding hydrogens is 148 g/mol. The Morgan fingerprint density at radius 3 is 2.82 bits per heavy atom. The van der Waals surface area contributed by atoms with Crippen molar-refractivity contribution in [2.24, 2.45) is 0 Å². The molecular formula is C6H4N2O3. The van der Waals surface area contributed by atoms with Gasteiger partial charge in [-0.05, 0) is 6.07 Å². The molecule has 0 aliphatic rings. The third kappa shape index (κ3) is 0.861. The van der Waals surface area contributed by atoms with E-state index in [4.69, 9.17) is 0 Å². The van der Waals surface area contributed by atoms with Crippen molar-refractivity contribution in [3.63, 3.8) is 0 Å². The number of hydrogen-bond acceptors (Lipinski definition) is 3. The first-order chi connectivity index (χ1) is 5.25. The summed E-state index contributed by atoms with van der Waals surface area (Å²) in [5, 5.41) is 0. The van der Waals surface area contributed by atoms with Crippen molar-refractivity contribution in [2.45, 2.75) is 0 Å². The molecule has 0 aliphatic carbocycles. The van der Waals surface area contributed by atoms with Crippen molar-refractivity contribution >= 4 is 11.2 Å². The van der Waals surface area contributed by atoms with E-state index in [0.717, 1.165) is 0 Å². The van der Waals surface area contributed by atoms with E-state index in [9.17, 15) is 9.59 Å². The van der Waals surface area contributed by atoms with Gasteiger partial charge in [0, 0.05) is 6.07 Å². The lowest BCUT2D eigenvalue weighted by molar-refractivity contribution is 0.545. The second-order valence-corrected chi connectivity index (χ2v) is 2.08. The van der Waals surface area contributed by atoms with Crippen molar-refractivity contribution in [1.29, 1.82) is 0 Å². The zero-order valence-corrected chi connectivity index (χ0v) is 5.38. The maximum absolute atomic E-state index is 10.7. The van der Waals surface area contributed by atoms with Crippen LogP contribution in [-0.4, -0.2) is 9.97 Å². The Morgan fingerprint density at radius 1 is 1.18 bits per heavy atom. The number of H-pyrrole nitrogens is 2. The van der Waals surface area contributed by atoms with Gasteiger partial charge in [0.2, 0.25) is 5.71 Å². The van der Waals surface area contributed by atoms with Crippen LogP contribution in [0.3, 0.4) is 0 Å². The van der Waals surface area contributed by atoms with Crippen molar-refractivity contribution in [1.82, 2.24) is 9.97 Å². The van der Waals surface area contributed by atoms with E-state index in [-0.39, 0.29) is 11.3 Å². The first-order valence-electron chi connectivity index (χ1n) is 2.98. The summed E-state index contributed by atoms with van der Waals surface area (Å²) >= 11 is 0. The van der Waals surface area contributed by atoms with E-state index in [1.54, 1.807) is 0 Å². The van der Waals surface area contributed by atoms with Crippen LogP contribution in [0.5, 0.6) is 0 Å². The zero-order valence-electron chi connectivity index (χ0n) is 5.38. The minimum absolute atomic E-state index is 0.183. The van der Waals surface area contributed by atoms with E-state index < -0.39 is 5.76 Å². The van der Waals surface area contributed by atoms with Crippen LogP contribution < -0.4 is 11.3 Å². The quantitative estimate of drug-likeness (QED) is 0.549. The molecule has 0 fully saturated rings. The summed E-state index contributed by atoms with van der Waals surface area (Å²) < 4.78 is 4.58. The third-order valence-corrected chi connectivity index (χ3v) is 1.31. The number of nitrogens with one attached hydrogen (secondary N) is 2. The summed E-state index contributed by atoms with van der Waals surface area (Å²) in [6, 6.07) is 2.80. The molecule has 0 saturated heterocycles. The highest BCUT2D eigenvalue weighted by atomic mass is 16.4. The molecule has 2 heterocycles. The largest absolute Gasteiger partial charge is 0.418 e. The predicted molar refractivity (Wildman–Crippen MR) is 37.5 cm³/mol. The highest BCUT2D eigenvalue weighted by Crippen LogP contribution is 1.99. The van der Waals surface area contributed by atoms with Crippen LogP contribution in [0.1, 0.15) is 0 Å². The van der Waals surface area contributed by atoms with Crippen LogP contribution in [0, 0.1) is 0 Å². The van der Waals surface area contributed by atoms with Gasteiger partial charge < -0.3 is 4.42 Å². The van der Waals surface area contributed by atoms with Crippen LogP contribution in [-0.2, 0) is 0 Å². The van der Waals surface area contributed by atoms with Crippen molar-refractivity contribution in [3.05, 3.63) is 33.0 Å². The van der Waals surface area contributed by atoms with Gasteiger partial charge in [0.05, 0.1) is 0 Å². The van der Waals surface area contributed by atoms with Gasteiger partial charge in [-0.2, -0.15) is 0 Å². The highest BCUT2D eigenvalue weighted by molar-refractivity contribution is 5.66. The first-order valence-corrected chi connectivity index (χ1v) is 2.98. The molecule has 0 spiro atoms. The minimum atomic E-state index is -0.568. The fraction of sp³-hybridized carbons (Fsp3) is 0. The molecule has 2 rings (SSSR count). The SMILES string of the molecule is O=c1ccc2[nH]c(=O)oc2[nH]1. The zero-order chi connectivity index (χ0) is 7.84. The number of oxazole rings is 1. The Morgan fingerprint density at radius 2 is 2.00 bits per heavy atom. The summed E-state index contributed by atoms with van der Waals surface area (Å²) in [5.41, 5.74) is 0.386. The minimum Gasteiger partial charge on any atom is -0.391 e. The fourth-order valence-corrected chi connectivity index (χ4v) is 0.863. The molecule has 0 aliphatic heterocycles. The van der Waals surface area contributed by atoms with Gasteiger partial charge in [0.25, 0.3) is 5.56 Å². The van der Waals surface area contributed by atoms with Crippen molar-refractivity contribution in [2.75, 3.05) is 0 Å². The summed E-state index contributed by atoms with van der Waals surface area (Å²) in [7, 11) is 0. The number of rotatable bonds is 0. The molecule has 0 unspecified atom stereocenters. The second-order valence-electron chi connectivity index (χ2n) is 2.08. The van der Waals surface area contributed by atoms with E-state index in [1.807, 2.05) is 0 Å². The molecule has 5 nitrogen and oxygen atoms in total.